The summed E-state index contributed by atoms with van der Waals surface area (Å²) >= 11 is 0. The summed E-state index contributed by atoms with van der Waals surface area (Å²) in [4.78, 5) is 15.7. The highest BCUT2D eigenvalue weighted by Crippen LogP contribution is 2.46. The van der Waals surface area contributed by atoms with Crippen LogP contribution in [0.25, 0.3) is 10.9 Å². The zero-order valence-corrected chi connectivity index (χ0v) is 11.3. The highest BCUT2D eigenvalue weighted by atomic mass is 16.2. The van der Waals surface area contributed by atoms with E-state index in [0.717, 1.165) is 41.7 Å². The fourth-order valence-corrected chi connectivity index (χ4v) is 2.66. The number of hydrogen-bond acceptors (Lipinski definition) is 2. The van der Waals surface area contributed by atoms with E-state index in [1.54, 1.807) is 0 Å². The number of carbonyl (C=O) groups is 1. The van der Waals surface area contributed by atoms with Crippen LogP contribution < -0.4 is 10.6 Å². The lowest BCUT2D eigenvalue weighted by atomic mass is 10.1. The number of fused-ring (bicyclic) bond motifs is 1. The zero-order chi connectivity index (χ0) is 13.5. The van der Waals surface area contributed by atoms with Gasteiger partial charge in [0.25, 0.3) is 0 Å². The normalized spacial score (nSPS) is 16.5. The molecule has 1 amide bonds. The third kappa shape index (κ3) is 2.02. The van der Waals surface area contributed by atoms with Crippen LogP contribution in [0.15, 0.2) is 24.3 Å². The Hall–Kier alpha value is -1.81. The van der Waals surface area contributed by atoms with Gasteiger partial charge in [-0.25, -0.2) is 0 Å². The quantitative estimate of drug-likeness (QED) is 0.788. The Morgan fingerprint density at radius 2 is 2.11 bits per heavy atom. The second kappa shape index (κ2) is 4.38. The highest BCUT2D eigenvalue weighted by molar-refractivity contribution is 6.05. The summed E-state index contributed by atoms with van der Waals surface area (Å²) < 4.78 is 0. The number of hydrogen-bond donors (Lipinski definition) is 3. The van der Waals surface area contributed by atoms with Gasteiger partial charge in [0.15, 0.2) is 0 Å². The first-order chi connectivity index (χ1) is 9.16. The summed E-state index contributed by atoms with van der Waals surface area (Å²) in [7, 11) is 1.89. The maximum atomic E-state index is 12.4. The fourth-order valence-electron chi connectivity index (χ4n) is 2.66. The molecule has 0 aliphatic heterocycles. The third-order valence-electron chi connectivity index (χ3n) is 3.98. The number of aryl methyl sites for hydroxylation is 1. The van der Waals surface area contributed by atoms with Crippen LogP contribution in [0.5, 0.6) is 0 Å². The molecule has 0 atom stereocenters. The predicted octanol–water partition coefficient (Wildman–Crippen LogP) is 2.41. The first-order valence-corrected chi connectivity index (χ1v) is 6.70. The minimum Gasteiger partial charge on any atom is -0.357 e. The minimum atomic E-state index is -0.195. The zero-order valence-electron chi connectivity index (χ0n) is 11.3. The van der Waals surface area contributed by atoms with Crippen molar-refractivity contribution >= 4 is 22.5 Å². The molecule has 0 bridgehead atoms. The topological polar surface area (TPSA) is 56.9 Å². The standard InChI is InChI=1S/C15H19N3O/c1-10-13(11-5-3-4-6-12(11)17-10)18-14(19)15(7-8-15)9-16-2/h3-6,16-17H,7-9H2,1-2H3,(H,18,19). The van der Waals surface area contributed by atoms with E-state index in [1.807, 2.05) is 38.2 Å². The Balaban J connectivity index is 1.89. The van der Waals surface area contributed by atoms with Crippen LogP contribution in [0.4, 0.5) is 5.69 Å². The molecule has 3 N–H and O–H groups in total. The fraction of sp³-hybridized carbons (Fsp3) is 0.400. The number of rotatable bonds is 4. The van der Waals surface area contributed by atoms with E-state index in [9.17, 15) is 4.79 Å². The molecule has 1 saturated carbocycles. The first kappa shape index (κ1) is 12.2. The van der Waals surface area contributed by atoms with E-state index >= 15 is 0 Å². The number of benzene rings is 1. The molecule has 1 aliphatic rings. The molecular weight excluding hydrogens is 238 g/mol. The van der Waals surface area contributed by atoms with Crippen molar-refractivity contribution in [2.45, 2.75) is 19.8 Å². The molecule has 0 spiro atoms. The molecule has 1 heterocycles. The van der Waals surface area contributed by atoms with Gasteiger partial charge in [0.2, 0.25) is 5.91 Å². The van der Waals surface area contributed by atoms with Gasteiger partial charge >= 0.3 is 0 Å². The van der Waals surface area contributed by atoms with Crippen LogP contribution in [-0.2, 0) is 4.79 Å². The van der Waals surface area contributed by atoms with Gasteiger partial charge in [0, 0.05) is 23.1 Å². The van der Waals surface area contributed by atoms with Gasteiger partial charge in [0.05, 0.1) is 11.1 Å². The van der Waals surface area contributed by atoms with Crippen LogP contribution in [0.1, 0.15) is 18.5 Å². The van der Waals surface area contributed by atoms with E-state index in [1.165, 1.54) is 0 Å². The Kier molecular flexibility index (Phi) is 2.82. The molecule has 1 aromatic carbocycles. The number of aromatic nitrogens is 1. The van der Waals surface area contributed by atoms with Gasteiger partial charge in [-0.3, -0.25) is 4.79 Å². The Morgan fingerprint density at radius 1 is 1.37 bits per heavy atom. The molecular formula is C15H19N3O. The van der Waals surface area contributed by atoms with E-state index in [0.29, 0.717) is 0 Å². The minimum absolute atomic E-state index is 0.134. The molecule has 4 nitrogen and oxygen atoms in total. The summed E-state index contributed by atoms with van der Waals surface area (Å²) in [5.74, 6) is 0.134. The SMILES string of the molecule is CNCC1(C(=O)Nc2c(C)[nH]c3ccccc23)CC1. The molecule has 0 radical (unpaired) electrons. The summed E-state index contributed by atoms with van der Waals surface area (Å²) in [6, 6.07) is 8.05. The Bertz CT molecular complexity index is 625. The molecule has 1 fully saturated rings. The predicted molar refractivity (Wildman–Crippen MR) is 77.3 cm³/mol. The number of aromatic amines is 1. The molecule has 0 saturated heterocycles. The van der Waals surface area contributed by atoms with Crippen molar-refractivity contribution < 1.29 is 4.79 Å². The van der Waals surface area contributed by atoms with Gasteiger partial charge in [-0.1, -0.05) is 18.2 Å². The van der Waals surface area contributed by atoms with E-state index < -0.39 is 0 Å². The van der Waals surface area contributed by atoms with Crippen LogP contribution in [0.2, 0.25) is 0 Å². The molecule has 100 valence electrons. The Labute approximate surface area is 112 Å². The van der Waals surface area contributed by atoms with Gasteiger partial charge < -0.3 is 15.6 Å². The highest BCUT2D eigenvalue weighted by Gasteiger charge is 2.49. The molecule has 1 aromatic heterocycles. The molecule has 19 heavy (non-hydrogen) atoms. The van der Waals surface area contributed by atoms with Crippen molar-refractivity contribution in [3.63, 3.8) is 0 Å². The van der Waals surface area contributed by atoms with Gasteiger partial charge in [-0.05, 0) is 32.9 Å². The van der Waals surface area contributed by atoms with E-state index in [4.69, 9.17) is 0 Å². The average molecular weight is 257 g/mol. The summed E-state index contributed by atoms with van der Waals surface area (Å²) in [5, 5.41) is 7.30. The monoisotopic (exact) mass is 257 g/mol. The van der Waals surface area contributed by atoms with Crippen molar-refractivity contribution in [3.05, 3.63) is 30.0 Å². The number of H-pyrrole nitrogens is 1. The molecule has 2 aromatic rings. The third-order valence-corrected chi connectivity index (χ3v) is 3.98. The van der Waals surface area contributed by atoms with Crippen LogP contribution in [0, 0.1) is 12.3 Å². The second-order valence-electron chi connectivity index (χ2n) is 5.44. The largest absolute Gasteiger partial charge is 0.357 e. The molecule has 0 unspecified atom stereocenters. The van der Waals surface area contributed by atoms with Crippen molar-refractivity contribution in [1.29, 1.82) is 0 Å². The summed E-state index contributed by atoms with van der Waals surface area (Å²) in [6.07, 6.45) is 1.95. The first-order valence-electron chi connectivity index (χ1n) is 6.70. The van der Waals surface area contributed by atoms with Crippen molar-refractivity contribution in [1.82, 2.24) is 10.3 Å². The van der Waals surface area contributed by atoms with Crippen molar-refractivity contribution in [2.75, 3.05) is 18.9 Å². The van der Waals surface area contributed by atoms with Crippen LogP contribution in [-0.4, -0.2) is 24.5 Å². The van der Waals surface area contributed by atoms with E-state index in [2.05, 4.69) is 15.6 Å². The Morgan fingerprint density at radius 3 is 2.79 bits per heavy atom. The molecule has 1 aliphatic carbocycles. The lowest BCUT2D eigenvalue weighted by molar-refractivity contribution is -0.120. The number of amides is 1. The maximum Gasteiger partial charge on any atom is 0.231 e. The number of carbonyl (C=O) groups excluding carboxylic acids is 1. The van der Waals surface area contributed by atoms with Gasteiger partial charge in [0.1, 0.15) is 0 Å². The van der Waals surface area contributed by atoms with Crippen molar-refractivity contribution in [3.8, 4) is 0 Å². The smallest absolute Gasteiger partial charge is 0.231 e. The molecule has 3 rings (SSSR count). The van der Waals surface area contributed by atoms with Crippen LogP contribution in [0.3, 0.4) is 0 Å². The second-order valence-corrected chi connectivity index (χ2v) is 5.44. The average Bonchev–Trinajstić information content (AvgIpc) is 3.11. The lowest BCUT2D eigenvalue weighted by Gasteiger charge is -2.14. The lowest BCUT2D eigenvalue weighted by Crippen LogP contribution is -2.32. The summed E-state index contributed by atoms with van der Waals surface area (Å²) in [5.41, 5.74) is 2.80. The maximum absolute atomic E-state index is 12.4. The molecule has 4 heteroatoms. The summed E-state index contributed by atoms with van der Waals surface area (Å²) in [6.45, 7) is 2.74. The van der Waals surface area contributed by atoms with Crippen LogP contribution >= 0.6 is 0 Å². The number of para-hydroxylation sites is 1. The van der Waals surface area contributed by atoms with Crippen molar-refractivity contribution in [2.24, 2.45) is 5.41 Å². The van der Waals surface area contributed by atoms with Gasteiger partial charge in [-0.15, -0.1) is 0 Å². The van der Waals surface area contributed by atoms with E-state index in [-0.39, 0.29) is 11.3 Å². The van der Waals surface area contributed by atoms with Gasteiger partial charge in [-0.2, -0.15) is 0 Å². The number of anilines is 1. The number of nitrogens with one attached hydrogen (secondary N) is 3.